The zero-order valence-corrected chi connectivity index (χ0v) is 10.4. The van der Waals surface area contributed by atoms with Gasteiger partial charge in [-0.15, -0.1) is 0 Å². The summed E-state index contributed by atoms with van der Waals surface area (Å²) < 4.78 is 7.10. The van der Waals surface area contributed by atoms with Crippen LogP contribution in [0.4, 0.5) is 0 Å². The molecular formula is C10H13IOS. The predicted octanol–water partition coefficient (Wildman–Crippen LogP) is 3.79. The maximum atomic E-state index is 5.98. The summed E-state index contributed by atoms with van der Waals surface area (Å²) in [6.07, 6.45) is 4.61. The molecular weight excluding hydrogens is 295 g/mol. The number of alkyl halides is 1. The van der Waals surface area contributed by atoms with Gasteiger partial charge in [-0.1, -0.05) is 22.6 Å². The third kappa shape index (κ3) is 2.44. The normalized spacial score (nSPS) is 29.0. The Morgan fingerprint density at radius 2 is 2.46 bits per heavy atom. The zero-order valence-electron chi connectivity index (χ0n) is 7.41. The molecule has 2 heterocycles. The van der Waals surface area contributed by atoms with Gasteiger partial charge in [0.1, 0.15) is 0 Å². The number of thiophene rings is 1. The fourth-order valence-electron chi connectivity index (χ4n) is 1.72. The Labute approximate surface area is 96.6 Å². The maximum Gasteiger partial charge on any atom is 0.0837 e. The van der Waals surface area contributed by atoms with Gasteiger partial charge in [-0.3, -0.25) is 0 Å². The fraction of sp³-hybridized carbons (Fsp3) is 0.600. The third-order valence-electron chi connectivity index (χ3n) is 2.44. The minimum absolute atomic E-state index is 0.375. The Bertz CT molecular complexity index is 247. The van der Waals surface area contributed by atoms with Crippen LogP contribution in [0.1, 0.15) is 30.9 Å². The number of hydrogen-bond donors (Lipinski definition) is 0. The Morgan fingerprint density at radius 3 is 3.15 bits per heavy atom. The van der Waals surface area contributed by atoms with Crippen LogP contribution in [-0.2, 0) is 4.74 Å². The second-order valence-electron chi connectivity index (χ2n) is 3.39. The van der Waals surface area contributed by atoms with Crippen LogP contribution in [0.2, 0.25) is 0 Å². The molecule has 0 bridgehead atoms. The summed E-state index contributed by atoms with van der Waals surface area (Å²) in [6.45, 7) is 0. The summed E-state index contributed by atoms with van der Waals surface area (Å²) in [7, 11) is 0. The molecule has 3 heteroatoms. The molecule has 1 aromatic heterocycles. The molecule has 1 aromatic rings. The summed E-state index contributed by atoms with van der Waals surface area (Å²) >= 11 is 4.17. The summed E-state index contributed by atoms with van der Waals surface area (Å²) in [5.74, 6) is 0. The number of halogens is 1. The van der Waals surface area contributed by atoms with Crippen molar-refractivity contribution in [1.29, 1.82) is 0 Å². The number of hydrogen-bond acceptors (Lipinski definition) is 2. The quantitative estimate of drug-likeness (QED) is 0.596. The van der Waals surface area contributed by atoms with E-state index in [0.29, 0.717) is 12.2 Å². The standard InChI is InChI=1S/C10H13IOS/c11-6-9-2-1-3-10(12-9)8-4-5-13-7-8/h4-5,7,9-10H,1-3,6H2. The molecule has 0 radical (unpaired) electrons. The first-order valence-corrected chi connectivity index (χ1v) is 7.10. The van der Waals surface area contributed by atoms with Gasteiger partial charge in [0.2, 0.25) is 0 Å². The van der Waals surface area contributed by atoms with Gasteiger partial charge in [0.05, 0.1) is 12.2 Å². The average Bonchev–Trinajstić information content (AvgIpc) is 2.71. The highest BCUT2D eigenvalue weighted by Gasteiger charge is 2.22. The highest BCUT2D eigenvalue weighted by molar-refractivity contribution is 14.1. The van der Waals surface area contributed by atoms with Crippen LogP contribution in [-0.4, -0.2) is 10.5 Å². The molecule has 0 spiro atoms. The van der Waals surface area contributed by atoms with E-state index in [1.165, 1.54) is 24.8 Å². The molecule has 2 unspecified atom stereocenters. The molecule has 0 aromatic carbocycles. The molecule has 1 nitrogen and oxygen atoms in total. The van der Waals surface area contributed by atoms with E-state index < -0.39 is 0 Å². The molecule has 0 amide bonds. The van der Waals surface area contributed by atoms with Crippen molar-refractivity contribution >= 4 is 33.9 Å². The van der Waals surface area contributed by atoms with E-state index in [9.17, 15) is 0 Å². The molecule has 72 valence electrons. The minimum atomic E-state index is 0.375. The topological polar surface area (TPSA) is 9.23 Å². The van der Waals surface area contributed by atoms with E-state index in [2.05, 4.69) is 39.4 Å². The Kier molecular flexibility index (Phi) is 3.63. The first-order valence-electron chi connectivity index (χ1n) is 4.63. The van der Waals surface area contributed by atoms with E-state index >= 15 is 0 Å². The lowest BCUT2D eigenvalue weighted by molar-refractivity contribution is -0.0373. The lowest BCUT2D eigenvalue weighted by atomic mass is 10.0. The molecule has 1 fully saturated rings. The van der Waals surface area contributed by atoms with Gasteiger partial charge in [0, 0.05) is 4.43 Å². The molecule has 0 saturated carbocycles. The molecule has 2 rings (SSSR count). The first kappa shape index (κ1) is 9.93. The van der Waals surface area contributed by atoms with Crippen LogP contribution < -0.4 is 0 Å². The molecule has 0 N–H and O–H groups in total. The van der Waals surface area contributed by atoms with Gasteiger partial charge < -0.3 is 4.74 Å². The summed E-state index contributed by atoms with van der Waals surface area (Å²) in [4.78, 5) is 0. The van der Waals surface area contributed by atoms with Gasteiger partial charge in [-0.05, 0) is 41.7 Å². The Morgan fingerprint density at radius 1 is 1.54 bits per heavy atom. The van der Waals surface area contributed by atoms with Crippen LogP contribution >= 0.6 is 33.9 Å². The monoisotopic (exact) mass is 308 g/mol. The van der Waals surface area contributed by atoms with E-state index in [4.69, 9.17) is 4.74 Å². The first-order chi connectivity index (χ1) is 6.40. The van der Waals surface area contributed by atoms with Gasteiger partial charge in [-0.2, -0.15) is 11.3 Å². The second-order valence-corrected chi connectivity index (χ2v) is 5.05. The third-order valence-corrected chi connectivity index (χ3v) is 4.12. The lowest BCUT2D eigenvalue weighted by Crippen LogP contribution is -2.23. The molecule has 2 atom stereocenters. The molecule has 1 aliphatic heterocycles. The number of rotatable bonds is 2. The predicted molar refractivity (Wildman–Crippen MR) is 64.7 cm³/mol. The van der Waals surface area contributed by atoms with Gasteiger partial charge in [-0.25, -0.2) is 0 Å². The lowest BCUT2D eigenvalue weighted by Gasteiger charge is -2.28. The Hall–Kier alpha value is 0.390. The average molecular weight is 308 g/mol. The van der Waals surface area contributed by atoms with Crippen LogP contribution in [0, 0.1) is 0 Å². The molecule has 1 aliphatic rings. The SMILES string of the molecule is ICC1CCCC(c2ccsc2)O1. The van der Waals surface area contributed by atoms with Crippen molar-refractivity contribution < 1.29 is 4.74 Å². The van der Waals surface area contributed by atoms with Crippen molar-refractivity contribution in [3.63, 3.8) is 0 Å². The maximum absolute atomic E-state index is 5.98. The van der Waals surface area contributed by atoms with E-state index in [1.807, 2.05) is 0 Å². The van der Waals surface area contributed by atoms with Crippen molar-refractivity contribution in [2.45, 2.75) is 31.5 Å². The Balaban J connectivity index is 2.00. The summed E-state index contributed by atoms with van der Waals surface area (Å²) in [6, 6.07) is 2.19. The van der Waals surface area contributed by atoms with E-state index in [-0.39, 0.29) is 0 Å². The van der Waals surface area contributed by atoms with Crippen LogP contribution in [0.3, 0.4) is 0 Å². The fourth-order valence-corrected chi connectivity index (χ4v) is 3.07. The van der Waals surface area contributed by atoms with Crippen LogP contribution in [0.25, 0.3) is 0 Å². The van der Waals surface area contributed by atoms with Crippen molar-refractivity contribution in [2.24, 2.45) is 0 Å². The summed E-state index contributed by atoms with van der Waals surface area (Å²) in [5, 5.41) is 4.34. The summed E-state index contributed by atoms with van der Waals surface area (Å²) in [5.41, 5.74) is 1.37. The molecule has 13 heavy (non-hydrogen) atoms. The van der Waals surface area contributed by atoms with Crippen molar-refractivity contribution in [3.8, 4) is 0 Å². The zero-order chi connectivity index (χ0) is 9.10. The van der Waals surface area contributed by atoms with E-state index in [0.717, 1.165) is 4.43 Å². The van der Waals surface area contributed by atoms with Gasteiger partial charge >= 0.3 is 0 Å². The molecule has 0 aliphatic carbocycles. The van der Waals surface area contributed by atoms with Crippen LogP contribution in [0.15, 0.2) is 16.8 Å². The number of ether oxygens (including phenoxy) is 1. The molecule has 1 saturated heterocycles. The van der Waals surface area contributed by atoms with Gasteiger partial charge in [0.15, 0.2) is 0 Å². The smallest absolute Gasteiger partial charge is 0.0837 e. The highest BCUT2D eigenvalue weighted by atomic mass is 127. The van der Waals surface area contributed by atoms with Crippen molar-refractivity contribution in [2.75, 3.05) is 4.43 Å². The largest absolute Gasteiger partial charge is 0.369 e. The van der Waals surface area contributed by atoms with Crippen molar-refractivity contribution in [1.82, 2.24) is 0 Å². The van der Waals surface area contributed by atoms with Crippen LogP contribution in [0.5, 0.6) is 0 Å². The van der Waals surface area contributed by atoms with Gasteiger partial charge in [0.25, 0.3) is 0 Å². The van der Waals surface area contributed by atoms with E-state index in [1.54, 1.807) is 11.3 Å². The highest BCUT2D eigenvalue weighted by Crippen LogP contribution is 2.32. The van der Waals surface area contributed by atoms with Crippen molar-refractivity contribution in [3.05, 3.63) is 22.4 Å². The minimum Gasteiger partial charge on any atom is -0.369 e. The second kappa shape index (κ2) is 4.75.